The van der Waals surface area contributed by atoms with E-state index >= 15 is 0 Å². The molecule has 1 heterocycles. The summed E-state index contributed by atoms with van der Waals surface area (Å²) in [4.78, 5) is 0. The van der Waals surface area contributed by atoms with Crippen LogP contribution in [0.4, 0.5) is 0 Å². The van der Waals surface area contributed by atoms with E-state index in [-0.39, 0.29) is 5.54 Å². The van der Waals surface area contributed by atoms with Crippen molar-refractivity contribution in [2.75, 3.05) is 7.05 Å². The van der Waals surface area contributed by atoms with Crippen LogP contribution in [-0.4, -0.2) is 22.4 Å². The Kier molecular flexibility index (Phi) is 2.72. The molecule has 1 aromatic heterocycles. The van der Waals surface area contributed by atoms with Crippen LogP contribution in [0.2, 0.25) is 0 Å². The van der Waals surface area contributed by atoms with Crippen LogP contribution in [0.25, 0.3) is 10.9 Å². The zero-order chi connectivity index (χ0) is 11.8. The fourth-order valence-electron chi connectivity index (χ4n) is 1.93. The number of fused-ring (bicyclic) bond motifs is 1. The van der Waals surface area contributed by atoms with Crippen molar-refractivity contribution in [1.82, 2.24) is 15.1 Å². The van der Waals surface area contributed by atoms with Gasteiger partial charge >= 0.3 is 0 Å². The first-order chi connectivity index (χ1) is 7.53. The van der Waals surface area contributed by atoms with Gasteiger partial charge in [-0.25, -0.2) is 0 Å². The van der Waals surface area contributed by atoms with E-state index in [1.807, 2.05) is 18.8 Å². The third kappa shape index (κ3) is 1.95. The Balaban J connectivity index is 2.46. The van der Waals surface area contributed by atoms with E-state index in [2.05, 4.69) is 48.5 Å². The minimum atomic E-state index is 0.0805. The second-order valence-corrected chi connectivity index (χ2v) is 4.90. The molecule has 0 saturated carbocycles. The Hall–Kier alpha value is -1.35. The summed E-state index contributed by atoms with van der Waals surface area (Å²) in [7, 11) is 3.99. The van der Waals surface area contributed by atoms with Crippen molar-refractivity contribution in [1.29, 1.82) is 0 Å². The first kappa shape index (κ1) is 11.1. The molecule has 0 aliphatic heterocycles. The van der Waals surface area contributed by atoms with Gasteiger partial charge in [0.2, 0.25) is 0 Å². The molecule has 0 radical (unpaired) electrons. The third-order valence-corrected chi connectivity index (χ3v) is 3.12. The first-order valence-electron chi connectivity index (χ1n) is 5.63. The molecule has 0 atom stereocenters. The van der Waals surface area contributed by atoms with Crippen LogP contribution < -0.4 is 5.32 Å². The Bertz CT molecular complexity index is 497. The maximum atomic E-state index is 4.60. The first-order valence-corrected chi connectivity index (χ1v) is 5.63. The Morgan fingerprint density at radius 1 is 1.31 bits per heavy atom. The number of nitrogens with one attached hydrogen (secondary N) is 1. The van der Waals surface area contributed by atoms with Crippen LogP contribution in [0.5, 0.6) is 0 Å². The second-order valence-electron chi connectivity index (χ2n) is 4.90. The van der Waals surface area contributed by atoms with Crippen molar-refractivity contribution in [3.63, 3.8) is 0 Å². The fourth-order valence-corrected chi connectivity index (χ4v) is 1.93. The summed E-state index contributed by atoms with van der Waals surface area (Å²) in [6.07, 6.45) is 0.935. The van der Waals surface area contributed by atoms with Crippen molar-refractivity contribution in [2.24, 2.45) is 7.05 Å². The molecule has 0 amide bonds. The molecule has 0 unspecified atom stereocenters. The van der Waals surface area contributed by atoms with E-state index < -0.39 is 0 Å². The molecule has 3 nitrogen and oxygen atoms in total. The molecule has 2 rings (SSSR count). The smallest absolute Gasteiger partial charge is 0.0721 e. The monoisotopic (exact) mass is 217 g/mol. The van der Waals surface area contributed by atoms with Crippen LogP contribution >= 0.6 is 0 Å². The summed E-state index contributed by atoms with van der Waals surface area (Å²) in [5, 5.41) is 9.17. The molecular weight excluding hydrogens is 198 g/mol. The average Bonchev–Trinajstić information content (AvgIpc) is 2.56. The summed E-state index contributed by atoms with van der Waals surface area (Å²) < 4.78 is 1.95. The molecule has 3 heteroatoms. The highest BCUT2D eigenvalue weighted by atomic mass is 15.3. The molecule has 16 heavy (non-hydrogen) atoms. The van der Waals surface area contributed by atoms with Gasteiger partial charge in [0.1, 0.15) is 0 Å². The molecule has 0 bridgehead atoms. The highest BCUT2D eigenvalue weighted by Gasteiger charge is 2.19. The van der Waals surface area contributed by atoms with Crippen LogP contribution in [0.3, 0.4) is 0 Å². The van der Waals surface area contributed by atoms with E-state index in [1.54, 1.807) is 0 Å². The number of nitrogens with zero attached hydrogens (tertiary/aromatic N) is 2. The number of benzene rings is 1. The predicted octanol–water partition coefficient (Wildman–Crippen LogP) is 2.11. The van der Waals surface area contributed by atoms with Gasteiger partial charge < -0.3 is 5.32 Å². The van der Waals surface area contributed by atoms with Gasteiger partial charge in [-0.2, -0.15) is 5.10 Å². The van der Waals surface area contributed by atoms with Gasteiger partial charge in [-0.15, -0.1) is 0 Å². The lowest BCUT2D eigenvalue weighted by molar-refractivity contribution is 0.417. The molecule has 1 N–H and O–H groups in total. The highest BCUT2D eigenvalue weighted by Crippen LogP contribution is 2.21. The number of hydrogen-bond donors (Lipinski definition) is 1. The number of likely N-dealkylation sites (N-methyl/N-ethyl adjacent to an activating group) is 1. The number of para-hydroxylation sites is 1. The van der Waals surface area contributed by atoms with Gasteiger partial charge in [0.05, 0.1) is 11.2 Å². The molecule has 0 saturated heterocycles. The van der Waals surface area contributed by atoms with Crippen LogP contribution in [0.1, 0.15) is 19.5 Å². The Labute approximate surface area is 96.5 Å². The summed E-state index contributed by atoms with van der Waals surface area (Å²) in [6.45, 7) is 4.38. The molecule has 0 aliphatic rings. The largest absolute Gasteiger partial charge is 0.314 e. The van der Waals surface area contributed by atoms with Crippen molar-refractivity contribution in [3.05, 3.63) is 30.0 Å². The molecule has 0 fully saturated rings. The van der Waals surface area contributed by atoms with Gasteiger partial charge in [-0.3, -0.25) is 4.68 Å². The number of aromatic nitrogens is 2. The van der Waals surface area contributed by atoms with Crippen molar-refractivity contribution < 1.29 is 0 Å². The minimum absolute atomic E-state index is 0.0805. The lowest BCUT2D eigenvalue weighted by Gasteiger charge is -2.22. The molecule has 86 valence electrons. The Morgan fingerprint density at radius 2 is 2.00 bits per heavy atom. The van der Waals surface area contributed by atoms with E-state index in [1.165, 1.54) is 10.9 Å². The molecule has 0 aliphatic carbocycles. The molecule has 0 spiro atoms. The van der Waals surface area contributed by atoms with Gasteiger partial charge in [-0.1, -0.05) is 18.2 Å². The van der Waals surface area contributed by atoms with E-state index in [0.29, 0.717) is 0 Å². The molecule has 2 aromatic rings. The number of hydrogen-bond acceptors (Lipinski definition) is 2. The zero-order valence-electron chi connectivity index (χ0n) is 10.4. The van der Waals surface area contributed by atoms with E-state index in [9.17, 15) is 0 Å². The van der Waals surface area contributed by atoms with Gasteiger partial charge in [0.15, 0.2) is 0 Å². The Morgan fingerprint density at radius 3 is 2.69 bits per heavy atom. The topological polar surface area (TPSA) is 29.9 Å². The summed E-state index contributed by atoms with van der Waals surface area (Å²) in [5.74, 6) is 0. The quantitative estimate of drug-likeness (QED) is 0.853. The lowest BCUT2D eigenvalue weighted by atomic mass is 9.97. The van der Waals surface area contributed by atoms with E-state index in [0.717, 1.165) is 12.1 Å². The number of aryl methyl sites for hydroxylation is 1. The van der Waals surface area contributed by atoms with Gasteiger partial charge in [-0.05, 0) is 27.0 Å². The standard InChI is InChI=1S/C13H19N3/c1-13(2,14-3)9-11-10-7-5-6-8-12(10)16(4)15-11/h5-8,14H,9H2,1-4H3. The summed E-state index contributed by atoms with van der Waals surface area (Å²) in [5.41, 5.74) is 2.44. The molecular formula is C13H19N3. The normalized spacial score (nSPS) is 12.2. The van der Waals surface area contributed by atoms with Crippen LogP contribution in [-0.2, 0) is 13.5 Å². The van der Waals surface area contributed by atoms with Crippen molar-refractivity contribution in [3.8, 4) is 0 Å². The zero-order valence-corrected chi connectivity index (χ0v) is 10.4. The van der Waals surface area contributed by atoms with Crippen LogP contribution in [0, 0.1) is 0 Å². The average molecular weight is 217 g/mol. The third-order valence-electron chi connectivity index (χ3n) is 3.12. The highest BCUT2D eigenvalue weighted by molar-refractivity contribution is 5.81. The SMILES string of the molecule is CNC(C)(C)Cc1nn(C)c2ccccc12. The summed E-state index contributed by atoms with van der Waals surface area (Å²) >= 11 is 0. The van der Waals surface area contributed by atoms with Crippen molar-refractivity contribution in [2.45, 2.75) is 25.8 Å². The van der Waals surface area contributed by atoms with E-state index in [4.69, 9.17) is 0 Å². The molecule has 1 aromatic carbocycles. The van der Waals surface area contributed by atoms with Gasteiger partial charge in [0.25, 0.3) is 0 Å². The van der Waals surface area contributed by atoms with Crippen molar-refractivity contribution >= 4 is 10.9 Å². The summed E-state index contributed by atoms with van der Waals surface area (Å²) in [6, 6.07) is 8.37. The van der Waals surface area contributed by atoms with Crippen LogP contribution in [0.15, 0.2) is 24.3 Å². The fraction of sp³-hybridized carbons (Fsp3) is 0.462. The maximum Gasteiger partial charge on any atom is 0.0721 e. The minimum Gasteiger partial charge on any atom is -0.314 e. The lowest BCUT2D eigenvalue weighted by Crippen LogP contribution is -2.38. The maximum absolute atomic E-state index is 4.60. The predicted molar refractivity (Wildman–Crippen MR) is 67.6 cm³/mol. The van der Waals surface area contributed by atoms with Gasteiger partial charge in [0, 0.05) is 24.4 Å². The second kappa shape index (κ2) is 3.91. The number of rotatable bonds is 3.